The molecule has 0 aliphatic rings. The van der Waals surface area contributed by atoms with E-state index in [-0.39, 0.29) is 17.2 Å². The zero-order valence-electron chi connectivity index (χ0n) is 11.8. The molecule has 0 aromatic heterocycles. The Bertz CT molecular complexity index is 307. The van der Waals surface area contributed by atoms with Gasteiger partial charge in [0.05, 0.1) is 0 Å². The zero-order valence-corrected chi connectivity index (χ0v) is 12.6. The summed E-state index contributed by atoms with van der Waals surface area (Å²) >= 11 is 0. The fourth-order valence-corrected chi connectivity index (χ4v) is 2.33. The molecule has 0 heterocycles. The molecule has 4 nitrogen and oxygen atoms in total. The van der Waals surface area contributed by atoms with Gasteiger partial charge < -0.3 is 0 Å². The third-order valence-electron chi connectivity index (χ3n) is 3.42. The van der Waals surface area contributed by atoms with Crippen LogP contribution >= 0.6 is 0 Å². The van der Waals surface area contributed by atoms with Crippen molar-refractivity contribution in [2.24, 2.45) is 17.2 Å². The summed E-state index contributed by atoms with van der Waals surface area (Å²) in [5, 5.41) is 0. The van der Waals surface area contributed by atoms with Gasteiger partial charge in [-0.2, -0.15) is 0 Å². The molecule has 0 aliphatic carbocycles. The average Bonchev–Trinajstić information content (AvgIpc) is 2.12. The van der Waals surface area contributed by atoms with Gasteiger partial charge in [0.25, 0.3) is 0 Å². The van der Waals surface area contributed by atoms with Crippen LogP contribution in [0.4, 0.5) is 0 Å². The van der Waals surface area contributed by atoms with Crippen LogP contribution in [0.1, 0.15) is 47.0 Å². The minimum absolute atomic E-state index is 0.200. The highest BCUT2D eigenvalue weighted by Crippen LogP contribution is 2.29. The highest BCUT2D eigenvalue weighted by atomic mass is 32.2. The second-order valence-electron chi connectivity index (χ2n) is 6.14. The van der Waals surface area contributed by atoms with Crippen LogP contribution in [0.3, 0.4) is 0 Å². The molecule has 0 spiro atoms. The molecule has 0 saturated heterocycles. The van der Waals surface area contributed by atoms with Crippen molar-refractivity contribution in [3.63, 3.8) is 0 Å². The van der Waals surface area contributed by atoms with E-state index in [9.17, 15) is 8.42 Å². The number of hydrazine groups is 1. The Labute approximate surface area is 106 Å². The first-order chi connectivity index (χ1) is 7.56. The molecule has 0 aromatic rings. The first-order valence-electron chi connectivity index (χ1n) is 6.20. The van der Waals surface area contributed by atoms with Gasteiger partial charge in [-0.1, -0.05) is 27.7 Å². The highest BCUT2D eigenvalue weighted by molar-refractivity contribution is 7.90. The van der Waals surface area contributed by atoms with Gasteiger partial charge in [0.15, 0.2) is 0 Å². The lowest BCUT2D eigenvalue weighted by atomic mass is 9.78. The Balaban J connectivity index is 4.09. The van der Waals surface area contributed by atoms with E-state index in [2.05, 4.69) is 33.1 Å². The molecule has 3 N–H and O–H groups in total. The summed E-state index contributed by atoms with van der Waals surface area (Å²) in [5.41, 5.74) is 3.05. The van der Waals surface area contributed by atoms with E-state index >= 15 is 0 Å². The van der Waals surface area contributed by atoms with Gasteiger partial charge >= 0.3 is 0 Å². The van der Waals surface area contributed by atoms with Crippen LogP contribution in [-0.4, -0.2) is 26.5 Å². The van der Waals surface area contributed by atoms with Crippen molar-refractivity contribution in [1.29, 1.82) is 0 Å². The predicted molar refractivity (Wildman–Crippen MR) is 73.3 cm³/mol. The molecular weight excluding hydrogens is 236 g/mol. The summed E-state index contributed by atoms with van der Waals surface area (Å²) in [6.45, 7) is 8.84. The molecule has 0 fully saturated rings. The Morgan fingerprint density at radius 2 is 1.82 bits per heavy atom. The van der Waals surface area contributed by atoms with Crippen molar-refractivity contribution in [3.8, 4) is 0 Å². The van der Waals surface area contributed by atoms with Crippen molar-refractivity contribution >= 4 is 9.84 Å². The SMILES string of the molecule is CC(CC(CCCS(C)(=O)=O)NN)C(C)(C)C. The van der Waals surface area contributed by atoms with Crippen LogP contribution in [0.15, 0.2) is 0 Å². The van der Waals surface area contributed by atoms with Crippen LogP contribution in [0.2, 0.25) is 0 Å². The maximum Gasteiger partial charge on any atom is 0.147 e. The average molecular weight is 264 g/mol. The molecule has 0 rings (SSSR count). The van der Waals surface area contributed by atoms with Gasteiger partial charge in [0.1, 0.15) is 9.84 Å². The van der Waals surface area contributed by atoms with Crippen LogP contribution in [-0.2, 0) is 9.84 Å². The van der Waals surface area contributed by atoms with E-state index in [0.717, 1.165) is 12.8 Å². The van der Waals surface area contributed by atoms with Crippen molar-refractivity contribution in [2.75, 3.05) is 12.0 Å². The van der Waals surface area contributed by atoms with E-state index in [1.54, 1.807) is 0 Å². The summed E-state index contributed by atoms with van der Waals surface area (Å²) in [6.07, 6.45) is 3.73. The van der Waals surface area contributed by atoms with Crippen molar-refractivity contribution < 1.29 is 8.42 Å². The Morgan fingerprint density at radius 1 is 1.29 bits per heavy atom. The summed E-state index contributed by atoms with van der Waals surface area (Å²) in [6, 6.07) is 0.200. The van der Waals surface area contributed by atoms with E-state index in [1.807, 2.05) is 0 Å². The summed E-state index contributed by atoms with van der Waals surface area (Å²) in [7, 11) is -2.85. The summed E-state index contributed by atoms with van der Waals surface area (Å²) in [4.78, 5) is 0. The molecule has 0 bridgehead atoms. The summed E-state index contributed by atoms with van der Waals surface area (Å²) in [5.74, 6) is 6.30. The smallest absolute Gasteiger partial charge is 0.147 e. The number of hydrogen-bond donors (Lipinski definition) is 2. The van der Waals surface area contributed by atoms with E-state index in [1.165, 1.54) is 6.26 Å². The van der Waals surface area contributed by atoms with Crippen LogP contribution in [0.5, 0.6) is 0 Å². The molecule has 0 amide bonds. The third kappa shape index (κ3) is 8.57. The molecule has 0 radical (unpaired) electrons. The van der Waals surface area contributed by atoms with Crippen molar-refractivity contribution in [2.45, 2.75) is 53.0 Å². The van der Waals surface area contributed by atoms with Crippen molar-refractivity contribution in [1.82, 2.24) is 5.43 Å². The predicted octanol–water partition coefficient (Wildman–Crippen LogP) is 1.72. The maximum atomic E-state index is 11.0. The molecule has 0 saturated carbocycles. The lowest BCUT2D eigenvalue weighted by Crippen LogP contribution is -2.38. The minimum atomic E-state index is -2.85. The normalized spacial score (nSPS) is 16.8. The number of rotatable bonds is 7. The summed E-state index contributed by atoms with van der Waals surface area (Å²) < 4.78 is 22.1. The third-order valence-corrected chi connectivity index (χ3v) is 4.45. The fraction of sp³-hybridized carbons (Fsp3) is 1.00. The molecule has 0 aromatic carbocycles. The second kappa shape index (κ2) is 6.71. The lowest BCUT2D eigenvalue weighted by Gasteiger charge is -2.30. The number of nitrogens with one attached hydrogen (secondary N) is 1. The minimum Gasteiger partial charge on any atom is -0.271 e. The van der Waals surface area contributed by atoms with Gasteiger partial charge in [-0.25, -0.2) is 8.42 Å². The molecule has 104 valence electrons. The molecular formula is C12H28N2O2S. The monoisotopic (exact) mass is 264 g/mol. The molecule has 0 aliphatic heterocycles. The van der Waals surface area contributed by atoms with Crippen LogP contribution in [0.25, 0.3) is 0 Å². The topological polar surface area (TPSA) is 72.2 Å². The Kier molecular flexibility index (Phi) is 6.66. The largest absolute Gasteiger partial charge is 0.271 e. The quantitative estimate of drug-likeness (QED) is 0.542. The molecule has 5 heteroatoms. The second-order valence-corrected chi connectivity index (χ2v) is 8.40. The number of sulfone groups is 1. The Hall–Kier alpha value is -0.130. The number of nitrogens with two attached hydrogens (primary N) is 1. The molecule has 17 heavy (non-hydrogen) atoms. The van der Waals surface area contributed by atoms with Gasteiger partial charge in [-0.05, 0) is 30.6 Å². The lowest BCUT2D eigenvalue weighted by molar-refractivity contribution is 0.219. The zero-order chi connectivity index (χ0) is 13.7. The van der Waals surface area contributed by atoms with Crippen LogP contribution < -0.4 is 11.3 Å². The van der Waals surface area contributed by atoms with Gasteiger partial charge in [-0.3, -0.25) is 11.3 Å². The number of hydrogen-bond acceptors (Lipinski definition) is 4. The first-order valence-corrected chi connectivity index (χ1v) is 8.26. The van der Waals surface area contributed by atoms with Gasteiger partial charge in [-0.15, -0.1) is 0 Å². The van der Waals surface area contributed by atoms with Crippen molar-refractivity contribution in [3.05, 3.63) is 0 Å². The fourth-order valence-electron chi connectivity index (χ4n) is 1.64. The first kappa shape index (κ1) is 16.9. The standard InChI is InChI=1S/C12H28N2O2S/c1-10(12(2,3)4)9-11(14-13)7-6-8-17(5,15)16/h10-11,14H,6-9,13H2,1-5H3. The van der Waals surface area contributed by atoms with E-state index in [4.69, 9.17) is 5.84 Å². The molecule has 2 unspecified atom stereocenters. The van der Waals surface area contributed by atoms with Gasteiger partial charge in [0.2, 0.25) is 0 Å². The maximum absolute atomic E-state index is 11.0. The Morgan fingerprint density at radius 3 is 2.18 bits per heavy atom. The molecule has 2 atom stereocenters. The van der Waals surface area contributed by atoms with Crippen LogP contribution in [0, 0.1) is 11.3 Å². The van der Waals surface area contributed by atoms with E-state index < -0.39 is 9.84 Å². The van der Waals surface area contributed by atoms with Gasteiger partial charge in [0, 0.05) is 18.1 Å². The highest BCUT2D eigenvalue weighted by Gasteiger charge is 2.23. The van der Waals surface area contributed by atoms with E-state index in [0.29, 0.717) is 12.3 Å².